The minimum atomic E-state index is -0.703. The molecule has 5 nitrogen and oxygen atoms in total. The number of aromatic nitrogens is 1. The summed E-state index contributed by atoms with van der Waals surface area (Å²) in [7, 11) is 0. The van der Waals surface area contributed by atoms with Crippen LogP contribution in [0.1, 0.15) is 54.8 Å². The maximum Gasteiger partial charge on any atom is 0.296 e. The van der Waals surface area contributed by atoms with Crippen LogP contribution in [-0.4, -0.2) is 26.7 Å². The number of carbonyl (C=O) groups excluding carboxylic acids is 2. The molecule has 1 amide bonds. The van der Waals surface area contributed by atoms with E-state index in [0.29, 0.717) is 11.3 Å². The topological polar surface area (TPSA) is 70.5 Å². The Morgan fingerprint density at radius 3 is 2.33 bits per heavy atom. The van der Waals surface area contributed by atoms with Gasteiger partial charge in [0.2, 0.25) is 0 Å². The predicted octanol–water partition coefficient (Wildman–Crippen LogP) is 5.31. The molecule has 1 atom stereocenters. The molecule has 5 heteroatoms. The molecule has 4 rings (SSSR count). The molecule has 0 aliphatic carbocycles. The fourth-order valence-electron chi connectivity index (χ4n) is 4.18. The number of hydrogen-bond donors (Lipinski definition) is 1. The molecule has 168 valence electrons. The normalized spacial score (nSPS) is 18.1. The molecule has 2 heterocycles. The lowest BCUT2D eigenvalue weighted by Crippen LogP contribution is -2.29. The van der Waals surface area contributed by atoms with Gasteiger partial charge >= 0.3 is 0 Å². The summed E-state index contributed by atoms with van der Waals surface area (Å²) in [5.41, 5.74) is 3.85. The van der Waals surface area contributed by atoms with Gasteiger partial charge in [0.15, 0.2) is 0 Å². The second-order valence-electron chi connectivity index (χ2n) is 9.44. The van der Waals surface area contributed by atoms with Gasteiger partial charge in [-0.1, -0.05) is 69.3 Å². The zero-order valence-electron chi connectivity index (χ0n) is 19.4. The zero-order chi connectivity index (χ0) is 23.8. The Bertz CT molecular complexity index is 1230. The summed E-state index contributed by atoms with van der Waals surface area (Å²) in [5, 5.41) is 11.5. The lowest BCUT2D eigenvalue weighted by Gasteiger charge is -2.25. The van der Waals surface area contributed by atoms with E-state index in [1.165, 1.54) is 4.90 Å². The van der Waals surface area contributed by atoms with E-state index < -0.39 is 17.7 Å². The summed E-state index contributed by atoms with van der Waals surface area (Å²) >= 11 is 0. The number of aliphatic hydroxyl groups excluding tert-OH is 1. The number of rotatable bonds is 4. The SMILES string of the molecule is Cc1ccc(C(C)(C)C)cc1/C(O)=C1\C(=O)C(=O)N(Cc2ccccn2)C1c1ccccc1. The van der Waals surface area contributed by atoms with E-state index in [4.69, 9.17) is 0 Å². The van der Waals surface area contributed by atoms with Gasteiger partial charge in [0, 0.05) is 11.8 Å². The molecule has 0 radical (unpaired) electrons. The molecule has 0 bridgehead atoms. The van der Waals surface area contributed by atoms with E-state index in [-0.39, 0.29) is 23.3 Å². The first-order valence-electron chi connectivity index (χ1n) is 11.0. The first kappa shape index (κ1) is 22.5. The third kappa shape index (κ3) is 4.31. The smallest absolute Gasteiger partial charge is 0.296 e. The predicted molar refractivity (Wildman–Crippen MR) is 128 cm³/mol. The van der Waals surface area contributed by atoms with Gasteiger partial charge in [-0.25, -0.2) is 0 Å². The highest BCUT2D eigenvalue weighted by molar-refractivity contribution is 6.46. The fourth-order valence-corrected chi connectivity index (χ4v) is 4.18. The third-order valence-electron chi connectivity index (χ3n) is 6.07. The highest BCUT2D eigenvalue weighted by Gasteiger charge is 2.46. The van der Waals surface area contributed by atoms with Crippen molar-refractivity contribution >= 4 is 17.4 Å². The summed E-state index contributed by atoms with van der Waals surface area (Å²) in [6.45, 7) is 8.34. The number of Topliss-reactive ketones (excluding diaryl/α,β-unsaturated/α-hetero) is 1. The monoisotopic (exact) mass is 440 g/mol. The Kier molecular flexibility index (Phi) is 5.90. The summed E-state index contributed by atoms with van der Waals surface area (Å²) in [6.07, 6.45) is 1.66. The van der Waals surface area contributed by atoms with E-state index in [2.05, 4.69) is 25.8 Å². The molecule has 0 spiro atoms. The van der Waals surface area contributed by atoms with Crippen molar-refractivity contribution in [2.75, 3.05) is 0 Å². The minimum absolute atomic E-state index is 0.108. The van der Waals surface area contributed by atoms with Gasteiger partial charge in [-0.2, -0.15) is 0 Å². The van der Waals surface area contributed by atoms with Gasteiger partial charge in [-0.15, -0.1) is 0 Å². The average Bonchev–Trinajstić information content (AvgIpc) is 3.04. The van der Waals surface area contributed by atoms with Crippen molar-refractivity contribution in [3.05, 3.63) is 106 Å². The van der Waals surface area contributed by atoms with E-state index in [9.17, 15) is 14.7 Å². The van der Waals surface area contributed by atoms with E-state index in [1.54, 1.807) is 12.3 Å². The number of amides is 1. The van der Waals surface area contributed by atoms with Crippen LogP contribution in [-0.2, 0) is 21.5 Å². The van der Waals surface area contributed by atoms with Crippen LogP contribution in [0.4, 0.5) is 0 Å². The Morgan fingerprint density at radius 2 is 1.70 bits per heavy atom. The van der Waals surface area contributed by atoms with Crippen LogP contribution in [0.2, 0.25) is 0 Å². The molecule has 0 saturated carbocycles. The molecule has 1 aliphatic heterocycles. The maximum atomic E-state index is 13.3. The highest BCUT2D eigenvalue weighted by Crippen LogP contribution is 2.41. The average molecular weight is 441 g/mol. The first-order valence-corrected chi connectivity index (χ1v) is 11.0. The minimum Gasteiger partial charge on any atom is -0.507 e. The van der Waals surface area contributed by atoms with Crippen LogP contribution >= 0.6 is 0 Å². The van der Waals surface area contributed by atoms with Gasteiger partial charge in [-0.05, 0) is 47.2 Å². The molecular weight excluding hydrogens is 412 g/mol. The number of likely N-dealkylation sites (tertiary alicyclic amines) is 1. The number of aryl methyl sites for hydroxylation is 1. The van der Waals surface area contributed by atoms with Gasteiger partial charge in [0.25, 0.3) is 11.7 Å². The molecule has 33 heavy (non-hydrogen) atoms. The van der Waals surface area contributed by atoms with Crippen molar-refractivity contribution in [2.45, 2.75) is 45.7 Å². The summed E-state index contributed by atoms with van der Waals surface area (Å²) in [4.78, 5) is 32.2. The molecule has 1 aliphatic rings. The molecular formula is C28H28N2O3. The first-order chi connectivity index (χ1) is 15.7. The number of aliphatic hydroxyl groups is 1. The van der Waals surface area contributed by atoms with Crippen molar-refractivity contribution in [3.8, 4) is 0 Å². The number of carbonyl (C=O) groups is 2. The fraction of sp³-hybridized carbons (Fsp3) is 0.250. The van der Waals surface area contributed by atoms with E-state index in [1.807, 2.05) is 67.6 Å². The van der Waals surface area contributed by atoms with Crippen LogP contribution in [0.15, 0.2) is 78.5 Å². The van der Waals surface area contributed by atoms with Crippen LogP contribution in [0, 0.1) is 6.92 Å². The largest absolute Gasteiger partial charge is 0.507 e. The molecule has 1 aromatic heterocycles. The summed E-state index contributed by atoms with van der Waals surface area (Å²) in [5.74, 6) is -1.46. The van der Waals surface area contributed by atoms with Gasteiger partial charge < -0.3 is 10.0 Å². The van der Waals surface area contributed by atoms with Crippen LogP contribution in [0.3, 0.4) is 0 Å². The van der Waals surface area contributed by atoms with Crippen LogP contribution < -0.4 is 0 Å². The lowest BCUT2D eigenvalue weighted by molar-refractivity contribution is -0.140. The standard InChI is InChI=1S/C28H28N2O3/c1-18-13-14-20(28(2,3)4)16-22(18)25(31)23-24(19-10-6-5-7-11-19)30(27(33)26(23)32)17-21-12-8-9-15-29-21/h5-16,24,31H,17H2,1-4H3/b25-23+. The number of ketones is 1. The van der Waals surface area contributed by atoms with Crippen LogP contribution in [0.25, 0.3) is 5.76 Å². The molecule has 3 aromatic rings. The highest BCUT2D eigenvalue weighted by atomic mass is 16.3. The van der Waals surface area contributed by atoms with Crippen molar-refractivity contribution < 1.29 is 14.7 Å². The van der Waals surface area contributed by atoms with E-state index in [0.717, 1.165) is 16.7 Å². The molecule has 1 N–H and O–H groups in total. The molecule has 1 unspecified atom stereocenters. The second kappa shape index (κ2) is 8.66. The molecule has 1 saturated heterocycles. The zero-order valence-corrected chi connectivity index (χ0v) is 19.4. The summed E-state index contributed by atoms with van der Waals surface area (Å²) < 4.78 is 0. The number of nitrogens with zero attached hydrogens (tertiary/aromatic N) is 2. The number of hydrogen-bond acceptors (Lipinski definition) is 4. The van der Waals surface area contributed by atoms with Crippen molar-refractivity contribution in [1.82, 2.24) is 9.88 Å². The van der Waals surface area contributed by atoms with Crippen molar-refractivity contribution in [1.29, 1.82) is 0 Å². The van der Waals surface area contributed by atoms with Crippen LogP contribution in [0.5, 0.6) is 0 Å². The lowest BCUT2D eigenvalue weighted by atomic mass is 9.84. The maximum absolute atomic E-state index is 13.3. The van der Waals surface area contributed by atoms with E-state index >= 15 is 0 Å². The Labute approximate surface area is 194 Å². The Hall–Kier alpha value is -3.73. The number of pyridine rings is 1. The Morgan fingerprint density at radius 1 is 1.00 bits per heavy atom. The van der Waals surface area contributed by atoms with Gasteiger partial charge in [0.1, 0.15) is 5.76 Å². The van der Waals surface area contributed by atoms with Gasteiger partial charge in [0.05, 0.1) is 23.9 Å². The van der Waals surface area contributed by atoms with Crippen molar-refractivity contribution in [2.24, 2.45) is 0 Å². The quantitative estimate of drug-likeness (QED) is 0.339. The molecule has 2 aromatic carbocycles. The second-order valence-corrected chi connectivity index (χ2v) is 9.44. The third-order valence-corrected chi connectivity index (χ3v) is 6.07. The number of benzene rings is 2. The van der Waals surface area contributed by atoms with Gasteiger partial charge in [-0.3, -0.25) is 14.6 Å². The van der Waals surface area contributed by atoms with Crippen molar-refractivity contribution in [3.63, 3.8) is 0 Å². The summed E-state index contributed by atoms with van der Waals surface area (Å²) in [6, 6.07) is 20.0. The molecule has 1 fully saturated rings. The Balaban J connectivity index is 1.90.